The second kappa shape index (κ2) is 4.97. The lowest BCUT2D eigenvalue weighted by Gasteiger charge is -2.05. The number of aromatic amines is 1. The van der Waals surface area contributed by atoms with Crippen LogP contribution in [0.1, 0.15) is 21.5 Å². The highest BCUT2D eigenvalue weighted by Crippen LogP contribution is 2.29. The van der Waals surface area contributed by atoms with Crippen molar-refractivity contribution < 1.29 is 4.79 Å². The number of aromatic nitrogens is 1. The summed E-state index contributed by atoms with van der Waals surface area (Å²) in [5.41, 5.74) is 2.74. The number of hydrogen-bond acceptors (Lipinski definition) is 1. The van der Waals surface area contributed by atoms with Gasteiger partial charge in [0.25, 0.3) is 0 Å². The predicted octanol–water partition coefficient (Wildman–Crippen LogP) is 5.01. The zero-order valence-corrected chi connectivity index (χ0v) is 12.2. The van der Waals surface area contributed by atoms with Crippen molar-refractivity contribution in [2.24, 2.45) is 0 Å². The van der Waals surface area contributed by atoms with Gasteiger partial charge in [-0.05, 0) is 24.6 Å². The molecule has 1 aromatic heterocycles. The van der Waals surface area contributed by atoms with Crippen molar-refractivity contribution in [3.8, 4) is 0 Å². The van der Waals surface area contributed by atoms with Crippen LogP contribution < -0.4 is 0 Å². The topological polar surface area (TPSA) is 32.9 Å². The normalized spacial score (nSPS) is 10.9. The van der Waals surface area contributed by atoms with E-state index < -0.39 is 0 Å². The van der Waals surface area contributed by atoms with Gasteiger partial charge in [0.15, 0.2) is 5.78 Å². The highest BCUT2D eigenvalue weighted by Gasteiger charge is 2.18. The number of carbonyl (C=O) groups excluding carboxylic acids is 1. The van der Waals surface area contributed by atoms with E-state index in [-0.39, 0.29) is 5.78 Å². The molecule has 0 aliphatic carbocycles. The van der Waals surface area contributed by atoms with Crippen molar-refractivity contribution >= 4 is 39.9 Å². The predicted molar refractivity (Wildman–Crippen MR) is 82.9 cm³/mol. The Hall–Kier alpha value is -1.77. The summed E-state index contributed by atoms with van der Waals surface area (Å²) in [6, 6.07) is 10.9. The monoisotopic (exact) mass is 303 g/mol. The minimum Gasteiger partial charge on any atom is -0.359 e. The molecule has 1 heterocycles. The maximum absolute atomic E-state index is 12.7. The van der Waals surface area contributed by atoms with E-state index in [0.717, 1.165) is 16.5 Å². The molecule has 0 atom stereocenters. The number of ketones is 1. The summed E-state index contributed by atoms with van der Waals surface area (Å²) in [6.07, 6.45) is 1.68. The number of benzene rings is 2. The quantitative estimate of drug-likeness (QED) is 0.663. The molecule has 0 fully saturated rings. The first-order valence-electron chi connectivity index (χ1n) is 6.15. The van der Waals surface area contributed by atoms with Gasteiger partial charge < -0.3 is 4.98 Å². The molecule has 0 bridgehead atoms. The SMILES string of the molecule is Cc1cccc(C(=O)c2c[nH]c3c(Cl)cccc23)c1Cl. The number of para-hydroxylation sites is 1. The Labute approximate surface area is 126 Å². The largest absolute Gasteiger partial charge is 0.359 e. The van der Waals surface area contributed by atoms with Crippen LogP contribution in [0.2, 0.25) is 10.0 Å². The molecule has 0 spiro atoms. The summed E-state index contributed by atoms with van der Waals surface area (Å²) < 4.78 is 0. The van der Waals surface area contributed by atoms with E-state index in [2.05, 4.69) is 4.98 Å². The van der Waals surface area contributed by atoms with Crippen LogP contribution in [0.3, 0.4) is 0 Å². The molecule has 100 valence electrons. The summed E-state index contributed by atoms with van der Waals surface area (Å²) in [5, 5.41) is 1.89. The second-order valence-corrected chi connectivity index (χ2v) is 5.42. The molecule has 0 saturated carbocycles. The minimum absolute atomic E-state index is 0.104. The first-order chi connectivity index (χ1) is 9.59. The van der Waals surface area contributed by atoms with Crippen LogP contribution in [0, 0.1) is 6.92 Å². The van der Waals surface area contributed by atoms with Crippen LogP contribution >= 0.6 is 23.2 Å². The number of fused-ring (bicyclic) bond motifs is 1. The Morgan fingerprint density at radius 1 is 1.05 bits per heavy atom. The van der Waals surface area contributed by atoms with E-state index in [1.54, 1.807) is 18.3 Å². The molecule has 2 aromatic carbocycles. The molecule has 3 rings (SSSR count). The molecule has 20 heavy (non-hydrogen) atoms. The lowest BCUT2D eigenvalue weighted by atomic mass is 10.0. The molecule has 0 saturated heterocycles. The molecular weight excluding hydrogens is 293 g/mol. The Balaban J connectivity index is 2.18. The highest BCUT2D eigenvalue weighted by molar-refractivity contribution is 6.37. The molecule has 3 aromatic rings. The van der Waals surface area contributed by atoms with E-state index in [1.165, 1.54) is 0 Å². The third-order valence-electron chi connectivity index (χ3n) is 3.35. The summed E-state index contributed by atoms with van der Waals surface area (Å²) in [5.74, 6) is -0.104. The maximum atomic E-state index is 12.7. The zero-order chi connectivity index (χ0) is 14.3. The van der Waals surface area contributed by atoms with Gasteiger partial charge in [-0.1, -0.05) is 47.5 Å². The van der Waals surface area contributed by atoms with Crippen molar-refractivity contribution in [3.63, 3.8) is 0 Å². The smallest absolute Gasteiger partial charge is 0.196 e. The van der Waals surface area contributed by atoms with Crippen molar-refractivity contribution in [3.05, 3.63) is 69.3 Å². The summed E-state index contributed by atoms with van der Waals surface area (Å²) in [6.45, 7) is 1.88. The van der Waals surface area contributed by atoms with Gasteiger partial charge in [0.2, 0.25) is 0 Å². The minimum atomic E-state index is -0.104. The lowest BCUT2D eigenvalue weighted by Crippen LogP contribution is -2.02. The summed E-state index contributed by atoms with van der Waals surface area (Å²) in [4.78, 5) is 15.7. The van der Waals surface area contributed by atoms with Gasteiger partial charge in [-0.15, -0.1) is 0 Å². The molecule has 0 radical (unpaired) electrons. The molecule has 0 aliphatic rings. The highest BCUT2D eigenvalue weighted by atomic mass is 35.5. The second-order valence-electron chi connectivity index (χ2n) is 4.63. The molecule has 2 nitrogen and oxygen atoms in total. The molecule has 0 aliphatic heterocycles. The van der Waals surface area contributed by atoms with Gasteiger partial charge in [-0.3, -0.25) is 4.79 Å². The average Bonchev–Trinajstić information content (AvgIpc) is 2.86. The molecule has 4 heteroatoms. The number of hydrogen-bond donors (Lipinski definition) is 1. The Bertz CT molecular complexity index is 820. The molecular formula is C16H11Cl2NO. The van der Waals surface area contributed by atoms with Crippen LogP contribution in [0.5, 0.6) is 0 Å². The van der Waals surface area contributed by atoms with Crippen molar-refractivity contribution in [2.75, 3.05) is 0 Å². The van der Waals surface area contributed by atoms with Crippen molar-refractivity contribution in [1.29, 1.82) is 0 Å². The Morgan fingerprint density at radius 2 is 1.80 bits per heavy atom. The fourth-order valence-corrected chi connectivity index (χ4v) is 2.71. The van der Waals surface area contributed by atoms with E-state index in [0.29, 0.717) is 21.2 Å². The third-order valence-corrected chi connectivity index (χ3v) is 4.16. The Morgan fingerprint density at radius 3 is 2.60 bits per heavy atom. The van der Waals surface area contributed by atoms with E-state index in [1.807, 2.05) is 31.2 Å². The van der Waals surface area contributed by atoms with Gasteiger partial charge in [-0.2, -0.15) is 0 Å². The first-order valence-corrected chi connectivity index (χ1v) is 6.90. The number of H-pyrrole nitrogens is 1. The van der Waals surface area contributed by atoms with E-state index in [9.17, 15) is 4.79 Å². The van der Waals surface area contributed by atoms with Crippen LogP contribution in [0.4, 0.5) is 0 Å². The number of halogens is 2. The van der Waals surface area contributed by atoms with Gasteiger partial charge in [-0.25, -0.2) is 0 Å². The van der Waals surface area contributed by atoms with Gasteiger partial charge >= 0.3 is 0 Å². The fraction of sp³-hybridized carbons (Fsp3) is 0.0625. The molecule has 0 amide bonds. The van der Waals surface area contributed by atoms with Gasteiger partial charge in [0.1, 0.15) is 0 Å². The number of aryl methyl sites for hydroxylation is 1. The fourth-order valence-electron chi connectivity index (χ4n) is 2.27. The van der Waals surface area contributed by atoms with Gasteiger partial charge in [0, 0.05) is 22.7 Å². The molecule has 0 unspecified atom stereocenters. The number of nitrogens with one attached hydrogen (secondary N) is 1. The average molecular weight is 304 g/mol. The van der Waals surface area contributed by atoms with Crippen LogP contribution in [0.25, 0.3) is 10.9 Å². The van der Waals surface area contributed by atoms with Crippen LogP contribution in [-0.2, 0) is 0 Å². The number of carbonyl (C=O) groups is 1. The van der Waals surface area contributed by atoms with Crippen LogP contribution in [0.15, 0.2) is 42.6 Å². The maximum Gasteiger partial charge on any atom is 0.196 e. The molecule has 1 N–H and O–H groups in total. The summed E-state index contributed by atoms with van der Waals surface area (Å²) in [7, 11) is 0. The zero-order valence-electron chi connectivity index (χ0n) is 10.7. The van der Waals surface area contributed by atoms with E-state index in [4.69, 9.17) is 23.2 Å². The third kappa shape index (κ3) is 2.01. The van der Waals surface area contributed by atoms with Gasteiger partial charge in [0.05, 0.1) is 15.6 Å². The Kier molecular flexibility index (Phi) is 3.28. The first kappa shape index (κ1) is 13.2. The summed E-state index contributed by atoms with van der Waals surface area (Å²) >= 11 is 12.3. The van der Waals surface area contributed by atoms with Crippen LogP contribution in [-0.4, -0.2) is 10.8 Å². The number of rotatable bonds is 2. The van der Waals surface area contributed by atoms with Crippen molar-refractivity contribution in [2.45, 2.75) is 6.92 Å². The standard InChI is InChI=1S/C16H11Cl2NO/c1-9-4-2-6-11(14(9)18)16(20)12-8-19-15-10(12)5-3-7-13(15)17/h2-8,19H,1H3. The van der Waals surface area contributed by atoms with E-state index >= 15 is 0 Å². The lowest BCUT2D eigenvalue weighted by molar-refractivity contribution is 0.104. The van der Waals surface area contributed by atoms with Crippen molar-refractivity contribution in [1.82, 2.24) is 4.98 Å².